The van der Waals surface area contributed by atoms with Crippen LogP contribution < -0.4 is 0 Å². The molecular formula is CH5PS2. The van der Waals surface area contributed by atoms with E-state index >= 15 is 0 Å². The highest BCUT2D eigenvalue weighted by molar-refractivity contribution is 8.04. The van der Waals surface area contributed by atoms with Gasteiger partial charge in [-0.1, -0.05) is 0 Å². The summed E-state index contributed by atoms with van der Waals surface area (Å²) in [7, 11) is 2.39. The third kappa shape index (κ3) is 11.1. The summed E-state index contributed by atoms with van der Waals surface area (Å²) < 4.78 is 0.139. The van der Waals surface area contributed by atoms with Gasteiger partial charge in [-0.05, 0) is 0 Å². The summed E-state index contributed by atoms with van der Waals surface area (Å²) in [4.78, 5) is 0. The molecule has 0 saturated heterocycles. The van der Waals surface area contributed by atoms with Gasteiger partial charge in [-0.2, -0.15) is 25.3 Å². The van der Waals surface area contributed by atoms with Crippen LogP contribution in [0.4, 0.5) is 0 Å². The third-order valence-corrected chi connectivity index (χ3v) is 0. The zero-order valence-electron chi connectivity index (χ0n) is 2.05. The van der Waals surface area contributed by atoms with E-state index in [1.54, 1.807) is 0 Å². The molecule has 0 aromatic rings. The van der Waals surface area contributed by atoms with Crippen LogP contribution in [0.3, 0.4) is 0 Å². The number of hydrogen-bond donors (Lipinski definition) is 2. The fourth-order valence-corrected chi connectivity index (χ4v) is 0. The Bertz CT molecular complexity index is 10.8. The highest BCUT2D eigenvalue weighted by Gasteiger charge is 1.69. The van der Waals surface area contributed by atoms with Crippen LogP contribution in [0, 0.1) is 0 Å². The Morgan fingerprint density at radius 3 is 1.50 bits per heavy atom. The second-order valence-corrected chi connectivity index (χ2v) is 3.72. The van der Waals surface area contributed by atoms with Gasteiger partial charge in [0.05, 0.1) is 4.32 Å². The molecule has 0 N–H and O–H groups in total. The van der Waals surface area contributed by atoms with E-state index in [0.29, 0.717) is 0 Å². The van der Waals surface area contributed by atoms with Crippen molar-refractivity contribution in [1.29, 1.82) is 0 Å². The molecule has 0 aliphatic carbocycles. The first-order chi connectivity index (χ1) is 1.73. The van der Waals surface area contributed by atoms with Gasteiger partial charge in [-0.15, -0.1) is 9.24 Å². The quantitative estimate of drug-likeness (QED) is 0.261. The maximum Gasteiger partial charge on any atom is 0.0580 e. The Morgan fingerprint density at radius 2 is 1.50 bits per heavy atom. The van der Waals surface area contributed by atoms with E-state index in [1.807, 2.05) is 0 Å². The molecule has 0 heterocycles. The van der Waals surface area contributed by atoms with E-state index in [1.165, 1.54) is 0 Å². The lowest BCUT2D eigenvalue weighted by molar-refractivity contribution is 2.15. The Kier molecular flexibility index (Phi) is 3.04. The molecule has 4 heavy (non-hydrogen) atoms. The van der Waals surface area contributed by atoms with E-state index in [4.69, 9.17) is 0 Å². The Labute approximate surface area is 39.4 Å². The van der Waals surface area contributed by atoms with Crippen molar-refractivity contribution in [3.8, 4) is 0 Å². The van der Waals surface area contributed by atoms with E-state index in [0.717, 1.165) is 0 Å². The van der Waals surface area contributed by atoms with Crippen LogP contribution >= 0.6 is 34.5 Å². The summed E-state index contributed by atoms with van der Waals surface area (Å²) >= 11 is 7.59. The second kappa shape index (κ2) is 2.37. The molecule has 0 fully saturated rings. The second-order valence-electron chi connectivity index (χ2n) is 0.414. The van der Waals surface area contributed by atoms with Gasteiger partial charge in [0.2, 0.25) is 0 Å². The summed E-state index contributed by atoms with van der Waals surface area (Å²) in [6.45, 7) is 0. The molecular weight excluding hydrogens is 107 g/mol. The Morgan fingerprint density at radius 1 is 1.50 bits per heavy atom. The number of rotatable bonds is 0. The van der Waals surface area contributed by atoms with Crippen LogP contribution in [-0.2, 0) is 0 Å². The van der Waals surface area contributed by atoms with E-state index in [9.17, 15) is 0 Å². The minimum absolute atomic E-state index is 0.139. The molecule has 0 saturated carbocycles. The number of thiol groups is 2. The third-order valence-electron chi connectivity index (χ3n) is 0. The van der Waals surface area contributed by atoms with E-state index in [-0.39, 0.29) is 4.32 Å². The minimum Gasteiger partial charge on any atom is -0.161 e. The summed E-state index contributed by atoms with van der Waals surface area (Å²) in [6, 6.07) is 0. The van der Waals surface area contributed by atoms with Crippen molar-refractivity contribution in [3.63, 3.8) is 0 Å². The fourth-order valence-electron chi connectivity index (χ4n) is 0. The zero-order chi connectivity index (χ0) is 3.58. The van der Waals surface area contributed by atoms with Gasteiger partial charge < -0.3 is 0 Å². The SMILES string of the molecule is PC(S)S. The van der Waals surface area contributed by atoms with E-state index in [2.05, 4.69) is 34.5 Å². The van der Waals surface area contributed by atoms with Gasteiger partial charge in [0, 0.05) is 0 Å². The van der Waals surface area contributed by atoms with Gasteiger partial charge in [0.15, 0.2) is 0 Å². The molecule has 1 unspecified atom stereocenters. The zero-order valence-corrected chi connectivity index (χ0v) is 4.99. The molecule has 0 aromatic heterocycles. The van der Waals surface area contributed by atoms with Gasteiger partial charge in [0.25, 0.3) is 0 Å². The molecule has 0 bridgehead atoms. The maximum absolute atomic E-state index is 3.79. The van der Waals surface area contributed by atoms with Crippen molar-refractivity contribution in [2.45, 2.75) is 4.32 Å². The van der Waals surface area contributed by atoms with Gasteiger partial charge in [-0.3, -0.25) is 0 Å². The molecule has 3 heteroatoms. The van der Waals surface area contributed by atoms with Crippen molar-refractivity contribution < 1.29 is 0 Å². The summed E-state index contributed by atoms with van der Waals surface area (Å²) in [5, 5.41) is 0. The fraction of sp³-hybridized carbons (Fsp3) is 1.00. The molecule has 26 valence electrons. The monoisotopic (exact) mass is 112 g/mol. The molecule has 0 spiro atoms. The van der Waals surface area contributed by atoms with Crippen molar-refractivity contribution in [1.82, 2.24) is 0 Å². The highest BCUT2D eigenvalue weighted by Crippen LogP contribution is 2.06. The normalized spacial score (nSPS) is 9.00. The molecule has 0 aliphatic heterocycles. The highest BCUT2D eigenvalue weighted by atomic mass is 32.2. The predicted octanol–water partition coefficient (Wildman–Crippen LogP) is 1.00. The van der Waals surface area contributed by atoms with Crippen molar-refractivity contribution in [2.75, 3.05) is 0 Å². The first-order valence-corrected chi connectivity index (χ1v) is 2.55. The Hall–Kier alpha value is 1.13. The standard InChI is InChI=1S/CH5PS2/c2-1(3)4/h1,3-4H,2H2. The first-order valence-electron chi connectivity index (χ1n) is 0.850. The van der Waals surface area contributed by atoms with Crippen LogP contribution in [0.2, 0.25) is 0 Å². The molecule has 0 radical (unpaired) electrons. The largest absolute Gasteiger partial charge is 0.161 e. The lowest BCUT2D eigenvalue weighted by atomic mass is 11.9. The average molecular weight is 112 g/mol. The van der Waals surface area contributed by atoms with Gasteiger partial charge in [-0.25, -0.2) is 0 Å². The predicted molar refractivity (Wildman–Crippen MR) is 31.5 cm³/mol. The van der Waals surface area contributed by atoms with Crippen molar-refractivity contribution in [2.24, 2.45) is 0 Å². The minimum atomic E-state index is 0.139. The van der Waals surface area contributed by atoms with Crippen LogP contribution in [0.15, 0.2) is 0 Å². The van der Waals surface area contributed by atoms with Gasteiger partial charge in [0.1, 0.15) is 0 Å². The lowest BCUT2D eigenvalue weighted by Crippen LogP contribution is -1.54. The molecule has 0 rings (SSSR count). The Balaban J connectivity index is 2.32. The van der Waals surface area contributed by atoms with Crippen LogP contribution in [0.1, 0.15) is 0 Å². The lowest BCUT2D eigenvalue weighted by Gasteiger charge is -1.78. The van der Waals surface area contributed by atoms with Crippen molar-refractivity contribution >= 4 is 34.5 Å². The number of hydrogen-bond acceptors (Lipinski definition) is 2. The van der Waals surface area contributed by atoms with Crippen LogP contribution in [-0.4, -0.2) is 4.32 Å². The topological polar surface area (TPSA) is 0 Å². The summed E-state index contributed by atoms with van der Waals surface area (Å²) in [6.07, 6.45) is 0. The molecule has 0 aliphatic rings. The van der Waals surface area contributed by atoms with Gasteiger partial charge >= 0.3 is 0 Å². The van der Waals surface area contributed by atoms with Crippen LogP contribution in [0.25, 0.3) is 0 Å². The smallest absolute Gasteiger partial charge is 0.0580 e. The molecule has 0 nitrogen and oxygen atoms in total. The summed E-state index contributed by atoms with van der Waals surface area (Å²) in [5.74, 6) is 0. The maximum atomic E-state index is 3.79. The molecule has 0 aromatic carbocycles. The van der Waals surface area contributed by atoms with Crippen LogP contribution in [0.5, 0.6) is 0 Å². The molecule has 0 amide bonds. The molecule has 1 atom stereocenters. The summed E-state index contributed by atoms with van der Waals surface area (Å²) in [5.41, 5.74) is 0. The average Bonchev–Trinajstić information content (AvgIpc) is 0.811. The van der Waals surface area contributed by atoms with E-state index < -0.39 is 0 Å². The van der Waals surface area contributed by atoms with Crippen molar-refractivity contribution in [3.05, 3.63) is 0 Å². The first kappa shape index (κ1) is 5.13.